The van der Waals surface area contributed by atoms with E-state index in [0.717, 1.165) is 16.6 Å². The molecule has 0 aromatic heterocycles. The molecule has 0 saturated heterocycles. The van der Waals surface area contributed by atoms with Crippen molar-refractivity contribution in [3.63, 3.8) is 0 Å². The monoisotopic (exact) mass is 266 g/mol. The van der Waals surface area contributed by atoms with Gasteiger partial charge in [-0.05, 0) is 46.5 Å². The van der Waals surface area contributed by atoms with Crippen LogP contribution in [0.25, 0.3) is 0 Å². The molecule has 0 fully saturated rings. The van der Waals surface area contributed by atoms with Crippen molar-refractivity contribution in [2.45, 2.75) is 26.2 Å². The summed E-state index contributed by atoms with van der Waals surface area (Å²) in [6, 6.07) is 6.17. The van der Waals surface area contributed by atoms with Gasteiger partial charge in [-0.15, -0.1) is 11.8 Å². The van der Waals surface area contributed by atoms with Crippen molar-refractivity contribution in [2.24, 2.45) is 0 Å². The molecule has 1 aromatic rings. The number of methoxy groups -OCH3 is 1. The zero-order valence-electron chi connectivity index (χ0n) is 9.30. The van der Waals surface area contributed by atoms with Gasteiger partial charge in [0.1, 0.15) is 5.75 Å². The van der Waals surface area contributed by atoms with E-state index in [1.54, 1.807) is 7.11 Å². The topological polar surface area (TPSA) is 9.23 Å². The van der Waals surface area contributed by atoms with Gasteiger partial charge < -0.3 is 4.74 Å². The Morgan fingerprint density at radius 2 is 2.20 bits per heavy atom. The molecule has 1 aromatic carbocycles. The lowest BCUT2D eigenvalue weighted by molar-refractivity contribution is 0.412. The normalized spacial score (nSPS) is 11.5. The van der Waals surface area contributed by atoms with Gasteiger partial charge in [0.05, 0.1) is 11.6 Å². The van der Waals surface area contributed by atoms with Crippen molar-refractivity contribution in [1.29, 1.82) is 0 Å². The highest BCUT2D eigenvalue weighted by atomic mass is 79.9. The smallest absolute Gasteiger partial charge is 0.133 e. The minimum absolute atomic E-state index is 0.458. The van der Waals surface area contributed by atoms with Crippen molar-refractivity contribution in [1.82, 2.24) is 0 Å². The van der Waals surface area contributed by atoms with E-state index in [2.05, 4.69) is 46.8 Å². The molecule has 0 aliphatic rings. The second kappa shape index (κ2) is 5.82. The van der Waals surface area contributed by atoms with Crippen LogP contribution in [0.2, 0.25) is 0 Å². The second-order valence-corrected chi connectivity index (χ2v) is 4.28. The summed E-state index contributed by atoms with van der Waals surface area (Å²) in [5.74, 6) is 7.34. The standard InChI is InChI=1S/C13H15BrO/c1-4-5-6-10(2)11-7-8-13(15-3)12(14)9-11/h7-10H,6H2,1-3H3. The van der Waals surface area contributed by atoms with Gasteiger partial charge >= 0.3 is 0 Å². The number of hydrogen-bond donors (Lipinski definition) is 0. The van der Waals surface area contributed by atoms with Crippen molar-refractivity contribution in [3.05, 3.63) is 28.2 Å². The fourth-order valence-corrected chi connectivity index (χ4v) is 1.92. The summed E-state index contributed by atoms with van der Waals surface area (Å²) in [5, 5.41) is 0. The Labute approximate surface area is 100.0 Å². The first-order valence-corrected chi connectivity index (χ1v) is 5.71. The Balaban J connectivity index is 2.85. The van der Waals surface area contributed by atoms with Gasteiger partial charge in [-0.1, -0.05) is 13.0 Å². The quantitative estimate of drug-likeness (QED) is 0.753. The second-order valence-electron chi connectivity index (χ2n) is 3.43. The minimum Gasteiger partial charge on any atom is -0.496 e. The third kappa shape index (κ3) is 3.28. The van der Waals surface area contributed by atoms with Crippen molar-refractivity contribution in [3.8, 4) is 17.6 Å². The van der Waals surface area contributed by atoms with E-state index in [4.69, 9.17) is 4.74 Å². The fourth-order valence-electron chi connectivity index (χ4n) is 1.36. The van der Waals surface area contributed by atoms with Crippen LogP contribution < -0.4 is 4.74 Å². The molecule has 0 radical (unpaired) electrons. The number of hydrogen-bond acceptors (Lipinski definition) is 1. The van der Waals surface area contributed by atoms with Crippen LogP contribution in [-0.2, 0) is 0 Å². The van der Waals surface area contributed by atoms with E-state index in [1.165, 1.54) is 5.56 Å². The number of ether oxygens (including phenoxy) is 1. The van der Waals surface area contributed by atoms with E-state index in [9.17, 15) is 0 Å². The minimum atomic E-state index is 0.458. The van der Waals surface area contributed by atoms with Crippen molar-refractivity contribution >= 4 is 15.9 Å². The third-order valence-electron chi connectivity index (χ3n) is 2.33. The summed E-state index contributed by atoms with van der Waals surface area (Å²) in [7, 11) is 1.67. The van der Waals surface area contributed by atoms with Crippen LogP contribution in [-0.4, -0.2) is 7.11 Å². The van der Waals surface area contributed by atoms with Crippen LogP contribution in [0.5, 0.6) is 5.75 Å². The van der Waals surface area contributed by atoms with Crippen LogP contribution >= 0.6 is 15.9 Å². The van der Waals surface area contributed by atoms with Crippen molar-refractivity contribution < 1.29 is 4.74 Å². The molecule has 0 aliphatic carbocycles. The molecule has 1 nitrogen and oxygen atoms in total. The molecule has 0 aliphatic heterocycles. The summed E-state index contributed by atoms with van der Waals surface area (Å²) < 4.78 is 6.18. The van der Waals surface area contributed by atoms with Gasteiger partial charge in [-0.25, -0.2) is 0 Å². The van der Waals surface area contributed by atoms with Gasteiger partial charge in [0, 0.05) is 6.42 Å². The molecule has 15 heavy (non-hydrogen) atoms. The average Bonchev–Trinajstić information content (AvgIpc) is 2.25. The lowest BCUT2D eigenvalue weighted by Gasteiger charge is -2.10. The molecule has 80 valence electrons. The van der Waals surface area contributed by atoms with E-state index in [1.807, 2.05) is 13.0 Å². The first-order chi connectivity index (χ1) is 7.19. The Morgan fingerprint density at radius 3 is 2.73 bits per heavy atom. The van der Waals surface area contributed by atoms with Gasteiger partial charge in [-0.2, -0.15) is 0 Å². The maximum Gasteiger partial charge on any atom is 0.133 e. The molecule has 0 amide bonds. The van der Waals surface area contributed by atoms with E-state index in [-0.39, 0.29) is 0 Å². The zero-order valence-corrected chi connectivity index (χ0v) is 10.9. The molecule has 1 atom stereocenters. The van der Waals surface area contributed by atoms with Crippen molar-refractivity contribution in [2.75, 3.05) is 7.11 Å². The molecule has 0 spiro atoms. The maximum atomic E-state index is 5.19. The van der Waals surface area contributed by atoms with Crippen LogP contribution in [0.3, 0.4) is 0 Å². The van der Waals surface area contributed by atoms with Crippen LogP contribution in [0.1, 0.15) is 31.7 Å². The summed E-state index contributed by atoms with van der Waals surface area (Å²) in [5.41, 5.74) is 1.28. The van der Waals surface area contributed by atoms with Gasteiger partial charge in [0.2, 0.25) is 0 Å². The molecular weight excluding hydrogens is 252 g/mol. The SMILES string of the molecule is CC#CCC(C)c1ccc(OC)c(Br)c1. The highest BCUT2D eigenvalue weighted by molar-refractivity contribution is 9.10. The molecule has 1 rings (SSSR count). The molecule has 0 N–H and O–H groups in total. The zero-order chi connectivity index (χ0) is 11.3. The average molecular weight is 267 g/mol. The number of halogens is 1. The molecule has 1 unspecified atom stereocenters. The van der Waals surface area contributed by atoms with Gasteiger partial charge in [-0.3, -0.25) is 0 Å². The Hall–Kier alpha value is -0.940. The Kier molecular flexibility index (Phi) is 4.71. The Bertz CT molecular complexity index is 387. The first-order valence-electron chi connectivity index (χ1n) is 4.92. The lowest BCUT2D eigenvalue weighted by atomic mass is 9.98. The molecule has 2 heteroatoms. The number of benzene rings is 1. The molecule has 0 saturated carbocycles. The third-order valence-corrected chi connectivity index (χ3v) is 2.95. The highest BCUT2D eigenvalue weighted by Crippen LogP contribution is 2.29. The van der Waals surface area contributed by atoms with Crippen LogP contribution in [0.4, 0.5) is 0 Å². The molecule has 0 heterocycles. The summed E-state index contributed by atoms with van der Waals surface area (Å²) in [4.78, 5) is 0. The predicted octanol–water partition coefficient (Wildman–Crippen LogP) is 3.97. The van der Waals surface area contributed by atoms with Gasteiger partial charge in [0.25, 0.3) is 0 Å². The molecule has 0 bridgehead atoms. The van der Waals surface area contributed by atoms with Crippen LogP contribution in [0.15, 0.2) is 22.7 Å². The summed E-state index contributed by atoms with van der Waals surface area (Å²) >= 11 is 3.48. The van der Waals surface area contributed by atoms with Crippen LogP contribution in [0, 0.1) is 11.8 Å². The summed E-state index contributed by atoms with van der Waals surface area (Å²) in [6.45, 7) is 4.05. The highest BCUT2D eigenvalue weighted by Gasteiger charge is 2.07. The van der Waals surface area contributed by atoms with E-state index in [0.29, 0.717) is 5.92 Å². The van der Waals surface area contributed by atoms with Gasteiger partial charge in [0.15, 0.2) is 0 Å². The first kappa shape index (κ1) is 12.1. The Morgan fingerprint density at radius 1 is 1.47 bits per heavy atom. The van der Waals surface area contributed by atoms with E-state index >= 15 is 0 Å². The molecular formula is C13H15BrO. The number of rotatable bonds is 3. The lowest BCUT2D eigenvalue weighted by Crippen LogP contribution is -1.93. The largest absolute Gasteiger partial charge is 0.496 e. The van der Waals surface area contributed by atoms with E-state index < -0.39 is 0 Å². The summed E-state index contributed by atoms with van der Waals surface area (Å²) in [6.07, 6.45) is 0.898. The fraction of sp³-hybridized carbons (Fsp3) is 0.385. The predicted molar refractivity (Wildman–Crippen MR) is 67.2 cm³/mol. The maximum absolute atomic E-state index is 5.19.